The first-order chi connectivity index (χ1) is 7.67. The lowest BCUT2D eigenvalue weighted by atomic mass is 10.2. The van der Waals surface area contributed by atoms with E-state index in [0.717, 1.165) is 0 Å². The average Bonchev–Trinajstić information content (AvgIpc) is 2.29. The number of carbonyl (C=O) groups is 1. The number of nitrogens with two attached hydrogens (primary N) is 1. The fourth-order valence-corrected chi connectivity index (χ4v) is 1.26. The molecule has 88 valence electrons. The van der Waals surface area contributed by atoms with E-state index in [0.29, 0.717) is 24.5 Å². The van der Waals surface area contributed by atoms with Crippen LogP contribution in [0.25, 0.3) is 0 Å². The third kappa shape index (κ3) is 3.55. The van der Waals surface area contributed by atoms with Crippen molar-refractivity contribution in [1.82, 2.24) is 5.32 Å². The molecule has 0 spiro atoms. The van der Waals surface area contributed by atoms with Gasteiger partial charge in [0.1, 0.15) is 5.75 Å². The lowest BCUT2D eigenvalue weighted by Gasteiger charge is -2.11. The third-order valence-corrected chi connectivity index (χ3v) is 2.14. The quantitative estimate of drug-likeness (QED) is 0.785. The zero-order chi connectivity index (χ0) is 12.0. The number of carbonyl (C=O) groups excluding carboxylic acids is 1. The van der Waals surface area contributed by atoms with E-state index >= 15 is 0 Å². The molecule has 0 unspecified atom stereocenters. The van der Waals surface area contributed by atoms with Crippen LogP contribution in [0.15, 0.2) is 24.3 Å². The van der Waals surface area contributed by atoms with Crippen LogP contribution in [0.3, 0.4) is 0 Å². The van der Waals surface area contributed by atoms with Crippen molar-refractivity contribution in [3.63, 3.8) is 0 Å². The van der Waals surface area contributed by atoms with E-state index < -0.39 is 0 Å². The van der Waals surface area contributed by atoms with E-state index in [1.165, 1.54) is 0 Å². The smallest absolute Gasteiger partial charge is 0.251 e. The van der Waals surface area contributed by atoms with Gasteiger partial charge >= 0.3 is 0 Å². The molecule has 3 N–H and O–H groups in total. The van der Waals surface area contributed by atoms with E-state index in [2.05, 4.69) is 5.32 Å². The molecule has 0 fully saturated rings. The van der Waals surface area contributed by atoms with E-state index in [-0.39, 0.29) is 11.9 Å². The van der Waals surface area contributed by atoms with Crippen molar-refractivity contribution in [3.05, 3.63) is 29.8 Å². The number of rotatable bonds is 5. The molecule has 1 aromatic rings. The van der Waals surface area contributed by atoms with Crippen LogP contribution in [0.5, 0.6) is 5.75 Å². The van der Waals surface area contributed by atoms with Gasteiger partial charge in [0.25, 0.3) is 5.91 Å². The molecule has 0 aromatic heterocycles. The van der Waals surface area contributed by atoms with Crippen molar-refractivity contribution in [1.29, 1.82) is 0 Å². The minimum absolute atomic E-state index is 0.0248. The fraction of sp³-hybridized carbons (Fsp3) is 0.417. The van der Waals surface area contributed by atoms with E-state index in [1.807, 2.05) is 19.9 Å². The Morgan fingerprint density at radius 1 is 1.56 bits per heavy atom. The molecule has 0 bridgehead atoms. The molecule has 1 aromatic carbocycles. The molecule has 0 saturated carbocycles. The van der Waals surface area contributed by atoms with Crippen molar-refractivity contribution < 1.29 is 9.53 Å². The summed E-state index contributed by atoms with van der Waals surface area (Å²) in [6, 6.07) is 7.08. The van der Waals surface area contributed by atoms with Crippen molar-refractivity contribution in [3.8, 4) is 5.75 Å². The van der Waals surface area contributed by atoms with Gasteiger partial charge < -0.3 is 15.8 Å². The number of hydrogen-bond donors (Lipinski definition) is 2. The second-order valence-electron chi connectivity index (χ2n) is 3.57. The molecular formula is C12H18N2O2. The highest BCUT2D eigenvalue weighted by Crippen LogP contribution is 2.13. The highest BCUT2D eigenvalue weighted by Gasteiger charge is 2.08. The molecule has 1 rings (SSSR count). The zero-order valence-electron chi connectivity index (χ0n) is 9.69. The molecule has 0 heterocycles. The van der Waals surface area contributed by atoms with Crippen molar-refractivity contribution >= 4 is 5.91 Å². The summed E-state index contributed by atoms with van der Waals surface area (Å²) in [6.45, 7) is 4.79. The first kappa shape index (κ1) is 12.5. The number of benzene rings is 1. The summed E-state index contributed by atoms with van der Waals surface area (Å²) >= 11 is 0. The van der Waals surface area contributed by atoms with Crippen LogP contribution < -0.4 is 15.8 Å². The summed E-state index contributed by atoms with van der Waals surface area (Å²) < 4.78 is 5.32. The van der Waals surface area contributed by atoms with Crippen LogP contribution >= 0.6 is 0 Å². The van der Waals surface area contributed by atoms with Gasteiger partial charge in [-0.2, -0.15) is 0 Å². The Labute approximate surface area is 95.8 Å². The Bertz CT molecular complexity index is 353. The summed E-state index contributed by atoms with van der Waals surface area (Å²) in [5, 5.41) is 2.80. The lowest BCUT2D eigenvalue weighted by Crippen LogP contribution is -2.37. The molecule has 4 nitrogen and oxygen atoms in total. The van der Waals surface area contributed by atoms with Gasteiger partial charge in [-0.15, -0.1) is 0 Å². The van der Waals surface area contributed by atoms with Gasteiger partial charge in [-0.25, -0.2) is 0 Å². The minimum Gasteiger partial charge on any atom is -0.494 e. The Morgan fingerprint density at radius 2 is 2.31 bits per heavy atom. The largest absolute Gasteiger partial charge is 0.494 e. The number of ether oxygens (including phenoxy) is 1. The molecule has 1 atom stereocenters. The van der Waals surface area contributed by atoms with Crippen LogP contribution in [0.1, 0.15) is 24.2 Å². The molecule has 0 aliphatic carbocycles. The van der Waals surface area contributed by atoms with Gasteiger partial charge in [-0.1, -0.05) is 6.07 Å². The first-order valence-corrected chi connectivity index (χ1v) is 5.41. The Kier molecular flexibility index (Phi) is 4.79. The Morgan fingerprint density at radius 3 is 2.94 bits per heavy atom. The number of amides is 1. The van der Waals surface area contributed by atoms with Gasteiger partial charge in [-0.3, -0.25) is 4.79 Å². The predicted molar refractivity (Wildman–Crippen MR) is 63.6 cm³/mol. The maximum Gasteiger partial charge on any atom is 0.251 e. The van der Waals surface area contributed by atoms with Crippen LogP contribution in [0.2, 0.25) is 0 Å². The summed E-state index contributed by atoms with van der Waals surface area (Å²) in [5.41, 5.74) is 6.03. The highest BCUT2D eigenvalue weighted by molar-refractivity contribution is 5.94. The van der Waals surface area contributed by atoms with E-state index in [9.17, 15) is 4.79 Å². The summed E-state index contributed by atoms with van der Waals surface area (Å²) in [5.74, 6) is 0.579. The molecular weight excluding hydrogens is 204 g/mol. The average molecular weight is 222 g/mol. The Hall–Kier alpha value is -1.55. The summed E-state index contributed by atoms with van der Waals surface area (Å²) in [7, 11) is 0. The summed E-state index contributed by atoms with van der Waals surface area (Å²) in [4.78, 5) is 11.7. The molecule has 16 heavy (non-hydrogen) atoms. The highest BCUT2D eigenvalue weighted by atomic mass is 16.5. The summed E-state index contributed by atoms with van der Waals surface area (Å²) in [6.07, 6.45) is 0. The minimum atomic E-state index is -0.125. The normalized spacial score (nSPS) is 11.9. The molecule has 0 aliphatic heterocycles. The molecule has 0 radical (unpaired) electrons. The second-order valence-corrected chi connectivity index (χ2v) is 3.57. The molecule has 0 saturated heterocycles. The van der Waals surface area contributed by atoms with Gasteiger partial charge in [0.15, 0.2) is 0 Å². The lowest BCUT2D eigenvalue weighted by molar-refractivity contribution is 0.0941. The van der Waals surface area contributed by atoms with Gasteiger partial charge in [-0.05, 0) is 32.0 Å². The molecule has 1 amide bonds. The van der Waals surface area contributed by atoms with Crippen molar-refractivity contribution in [2.24, 2.45) is 5.73 Å². The van der Waals surface area contributed by atoms with Crippen LogP contribution in [0.4, 0.5) is 0 Å². The SMILES string of the molecule is CCOc1cccc(C(=O)N[C@@H](C)CN)c1. The van der Waals surface area contributed by atoms with E-state index in [1.54, 1.807) is 18.2 Å². The van der Waals surface area contributed by atoms with Crippen LogP contribution in [0, 0.1) is 0 Å². The second kappa shape index (κ2) is 6.12. The van der Waals surface area contributed by atoms with Crippen molar-refractivity contribution in [2.45, 2.75) is 19.9 Å². The van der Waals surface area contributed by atoms with Crippen LogP contribution in [-0.4, -0.2) is 25.1 Å². The topological polar surface area (TPSA) is 64.3 Å². The monoisotopic (exact) mass is 222 g/mol. The van der Waals surface area contributed by atoms with Gasteiger partial charge in [0, 0.05) is 18.2 Å². The maximum absolute atomic E-state index is 11.7. The zero-order valence-corrected chi connectivity index (χ0v) is 9.69. The predicted octanol–water partition coefficient (Wildman–Crippen LogP) is 1.16. The number of nitrogens with one attached hydrogen (secondary N) is 1. The van der Waals surface area contributed by atoms with Gasteiger partial charge in [0.2, 0.25) is 0 Å². The van der Waals surface area contributed by atoms with Crippen LogP contribution in [-0.2, 0) is 0 Å². The van der Waals surface area contributed by atoms with E-state index in [4.69, 9.17) is 10.5 Å². The maximum atomic E-state index is 11.7. The Balaban J connectivity index is 2.71. The first-order valence-electron chi connectivity index (χ1n) is 5.41. The standard InChI is InChI=1S/C12H18N2O2/c1-3-16-11-6-4-5-10(7-11)12(15)14-9(2)8-13/h4-7,9H,3,8,13H2,1-2H3,(H,14,15)/t9-/m0/s1. The van der Waals surface area contributed by atoms with Gasteiger partial charge in [0.05, 0.1) is 6.61 Å². The molecule has 4 heteroatoms. The number of hydrogen-bond acceptors (Lipinski definition) is 3. The van der Waals surface area contributed by atoms with Crippen molar-refractivity contribution in [2.75, 3.05) is 13.2 Å². The third-order valence-electron chi connectivity index (χ3n) is 2.14. The fourth-order valence-electron chi connectivity index (χ4n) is 1.26. The molecule has 0 aliphatic rings.